The van der Waals surface area contributed by atoms with E-state index in [2.05, 4.69) is 67.8 Å². The van der Waals surface area contributed by atoms with E-state index in [9.17, 15) is 19.4 Å². The predicted molar refractivity (Wildman–Crippen MR) is 321 cm³/mol. The van der Waals surface area contributed by atoms with Crippen molar-refractivity contribution in [2.75, 3.05) is 40.9 Å². The fourth-order valence-electron chi connectivity index (χ4n) is 9.62. The van der Waals surface area contributed by atoms with Crippen LogP contribution in [-0.2, 0) is 18.4 Å². The Bertz CT molecular complexity index is 1340. The lowest BCUT2D eigenvalue weighted by atomic mass is 10.0. The number of likely N-dealkylation sites (N-methyl/N-ethyl adjacent to an activating group) is 1. The van der Waals surface area contributed by atoms with Gasteiger partial charge in [-0.05, 0) is 51.4 Å². The first-order valence-corrected chi connectivity index (χ1v) is 33.4. The van der Waals surface area contributed by atoms with Crippen LogP contribution >= 0.6 is 7.82 Å². The molecule has 0 aliphatic heterocycles. The predicted octanol–water partition coefficient (Wildman–Crippen LogP) is 19.2. The van der Waals surface area contributed by atoms with Crippen molar-refractivity contribution in [2.45, 2.75) is 321 Å². The van der Waals surface area contributed by atoms with Crippen LogP contribution in [0.15, 0.2) is 48.6 Å². The lowest BCUT2D eigenvalue weighted by Gasteiger charge is -2.30. The number of amides is 1. The van der Waals surface area contributed by atoms with Gasteiger partial charge >= 0.3 is 0 Å². The summed E-state index contributed by atoms with van der Waals surface area (Å²) in [5.74, 6) is -0.159. The highest BCUT2D eigenvalue weighted by Crippen LogP contribution is 2.38. The van der Waals surface area contributed by atoms with Gasteiger partial charge in [0.05, 0.1) is 39.9 Å². The second-order valence-corrected chi connectivity index (χ2v) is 24.5. The van der Waals surface area contributed by atoms with E-state index >= 15 is 0 Å². The number of carbonyl (C=O) groups excluding carboxylic acids is 1. The number of nitrogens with one attached hydrogen (secondary N) is 1. The molecule has 0 aliphatic rings. The second kappa shape index (κ2) is 56.2. The fraction of sp³-hybridized carbons (Fsp3) is 0.862. The van der Waals surface area contributed by atoms with Gasteiger partial charge in [0.1, 0.15) is 13.2 Å². The van der Waals surface area contributed by atoms with Crippen molar-refractivity contribution in [3.05, 3.63) is 48.6 Å². The average molecular weight is 1060 g/mol. The maximum absolute atomic E-state index is 13.0. The smallest absolute Gasteiger partial charge is 0.268 e. The van der Waals surface area contributed by atoms with Crippen LogP contribution in [0.5, 0.6) is 0 Å². The topological polar surface area (TPSA) is 108 Å². The Morgan fingerprint density at radius 2 is 0.824 bits per heavy atom. The van der Waals surface area contributed by atoms with Gasteiger partial charge in [-0.1, -0.05) is 300 Å². The van der Waals surface area contributed by atoms with Gasteiger partial charge in [0, 0.05) is 6.42 Å². The Morgan fingerprint density at radius 1 is 0.486 bits per heavy atom. The fourth-order valence-corrected chi connectivity index (χ4v) is 10.3. The van der Waals surface area contributed by atoms with Crippen molar-refractivity contribution < 1.29 is 32.9 Å². The molecule has 0 rings (SSSR count). The zero-order chi connectivity index (χ0) is 54.2. The summed E-state index contributed by atoms with van der Waals surface area (Å²) in [5, 5.41) is 14.0. The Hall–Kier alpha value is -1.54. The lowest BCUT2D eigenvalue weighted by molar-refractivity contribution is -0.870. The minimum atomic E-state index is -4.57. The highest BCUT2D eigenvalue weighted by atomic mass is 31.2. The van der Waals surface area contributed by atoms with Crippen LogP contribution in [0, 0.1) is 0 Å². The number of phosphoric ester groups is 1. The summed E-state index contributed by atoms with van der Waals surface area (Å²) < 4.78 is 23.4. The van der Waals surface area contributed by atoms with Gasteiger partial charge in [0.25, 0.3) is 7.82 Å². The first-order chi connectivity index (χ1) is 36.0. The van der Waals surface area contributed by atoms with E-state index in [0.29, 0.717) is 23.9 Å². The molecule has 0 heterocycles. The van der Waals surface area contributed by atoms with Crippen molar-refractivity contribution >= 4 is 13.7 Å². The third kappa shape index (κ3) is 58.1. The van der Waals surface area contributed by atoms with Crippen LogP contribution in [0.25, 0.3) is 0 Å². The largest absolute Gasteiger partial charge is 0.756 e. The Morgan fingerprint density at radius 3 is 1.20 bits per heavy atom. The summed E-state index contributed by atoms with van der Waals surface area (Å²) in [6.07, 6.45) is 74.6. The van der Waals surface area contributed by atoms with E-state index < -0.39 is 20.0 Å². The standard InChI is InChI=1S/C65H125N2O6P/c1-6-8-10-12-14-16-18-20-22-23-24-25-26-27-28-29-30-31-32-33-34-35-36-37-38-39-40-41-42-43-45-47-49-51-53-55-57-59-65(69)66-63(62-73-74(70,71)72-61-60-67(3,4)5)64(68)58-56-54-52-50-48-46-44-21-19-17-15-13-11-9-7-2/h8,10,14,16,20,22,24-25,63-64,68H,6-7,9,11-13,15,17-19,21,23,26-62H2,1-5H3,(H-,66,69,70,71)/b10-8-,16-14-,22-20-,25-24-. The van der Waals surface area contributed by atoms with E-state index in [1.807, 2.05) is 21.1 Å². The van der Waals surface area contributed by atoms with Crippen LogP contribution in [-0.4, -0.2) is 68.5 Å². The molecule has 2 N–H and O–H groups in total. The normalized spacial score (nSPS) is 14.1. The zero-order valence-corrected chi connectivity index (χ0v) is 50.7. The molecular formula is C65H125N2O6P. The molecule has 436 valence electrons. The number of unbranched alkanes of at least 4 members (excludes halogenated alkanes) is 38. The zero-order valence-electron chi connectivity index (χ0n) is 49.8. The Kier molecular flexibility index (Phi) is 55.0. The number of hydrogen-bond donors (Lipinski definition) is 2. The molecule has 0 aromatic carbocycles. The minimum Gasteiger partial charge on any atom is -0.756 e. The summed E-state index contributed by atoms with van der Waals surface area (Å²) in [5.41, 5.74) is 0. The number of nitrogens with zero attached hydrogens (tertiary/aromatic N) is 1. The summed E-state index contributed by atoms with van der Waals surface area (Å²) in [6.45, 7) is 4.64. The van der Waals surface area contributed by atoms with Crippen LogP contribution in [0.2, 0.25) is 0 Å². The van der Waals surface area contributed by atoms with Crippen LogP contribution in [0.3, 0.4) is 0 Å². The number of carbonyl (C=O) groups is 1. The van der Waals surface area contributed by atoms with Gasteiger partial charge in [0.15, 0.2) is 0 Å². The summed E-state index contributed by atoms with van der Waals surface area (Å²) >= 11 is 0. The SMILES string of the molecule is CC/C=C\C/C=C\C/C=C\C/C=C\CCCCCCCCCCCCCCCCCCCCCCCCCCC(=O)NC(COP(=O)([O-])OCC[N+](C)(C)C)C(O)CCCCCCCCCCCCCCCCC. The summed E-state index contributed by atoms with van der Waals surface area (Å²) in [6, 6.07) is -0.798. The van der Waals surface area contributed by atoms with Gasteiger partial charge in [-0.25, -0.2) is 0 Å². The van der Waals surface area contributed by atoms with Gasteiger partial charge in [0.2, 0.25) is 5.91 Å². The molecule has 0 saturated carbocycles. The van der Waals surface area contributed by atoms with Gasteiger partial charge in [-0.15, -0.1) is 0 Å². The number of hydrogen-bond acceptors (Lipinski definition) is 6. The molecule has 74 heavy (non-hydrogen) atoms. The summed E-state index contributed by atoms with van der Waals surface area (Å²) in [7, 11) is 1.32. The van der Waals surface area contributed by atoms with Gasteiger partial charge in [-0.3, -0.25) is 9.36 Å². The maximum Gasteiger partial charge on any atom is 0.268 e. The first-order valence-electron chi connectivity index (χ1n) is 32.0. The maximum atomic E-state index is 13.0. The molecule has 0 aliphatic carbocycles. The molecule has 0 fully saturated rings. The average Bonchev–Trinajstić information content (AvgIpc) is 3.36. The third-order valence-electron chi connectivity index (χ3n) is 14.6. The number of phosphoric acid groups is 1. The van der Waals surface area contributed by atoms with Crippen LogP contribution < -0.4 is 10.2 Å². The Labute approximate surface area is 460 Å². The molecule has 0 saturated heterocycles. The quantitative estimate of drug-likeness (QED) is 0.0272. The molecule has 0 bridgehead atoms. The number of quaternary nitrogens is 1. The van der Waals surface area contributed by atoms with Gasteiger partial charge in [-0.2, -0.15) is 0 Å². The second-order valence-electron chi connectivity index (χ2n) is 23.1. The highest BCUT2D eigenvalue weighted by molar-refractivity contribution is 7.45. The van der Waals surface area contributed by atoms with Crippen LogP contribution in [0.1, 0.15) is 309 Å². The molecule has 1 amide bonds. The molecule has 8 nitrogen and oxygen atoms in total. The number of aliphatic hydroxyl groups excluding tert-OH is 1. The van der Waals surface area contributed by atoms with Crippen molar-refractivity contribution in [3.63, 3.8) is 0 Å². The molecular weight excluding hydrogens is 936 g/mol. The molecule has 3 atom stereocenters. The number of allylic oxidation sites excluding steroid dienone is 8. The molecule has 0 aromatic heterocycles. The van der Waals surface area contributed by atoms with E-state index in [4.69, 9.17) is 9.05 Å². The van der Waals surface area contributed by atoms with E-state index in [0.717, 1.165) is 64.2 Å². The van der Waals surface area contributed by atoms with E-state index in [1.165, 1.54) is 218 Å². The molecule has 3 unspecified atom stereocenters. The monoisotopic (exact) mass is 1060 g/mol. The summed E-state index contributed by atoms with van der Waals surface area (Å²) in [4.78, 5) is 25.6. The molecule has 0 radical (unpaired) electrons. The van der Waals surface area contributed by atoms with E-state index in [1.54, 1.807) is 0 Å². The van der Waals surface area contributed by atoms with Crippen molar-refractivity contribution in [2.24, 2.45) is 0 Å². The minimum absolute atomic E-state index is 0.0141. The number of aliphatic hydroxyl groups is 1. The third-order valence-corrected chi connectivity index (χ3v) is 15.5. The van der Waals surface area contributed by atoms with E-state index in [-0.39, 0.29) is 19.1 Å². The molecule has 9 heteroatoms. The Balaban J connectivity index is 3.91. The van der Waals surface area contributed by atoms with Gasteiger partial charge < -0.3 is 28.8 Å². The van der Waals surface area contributed by atoms with Crippen molar-refractivity contribution in [1.82, 2.24) is 5.32 Å². The number of rotatable bonds is 59. The molecule has 0 spiro atoms. The highest BCUT2D eigenvalue weighted by Gasteiger charge is 2.24. The van der Waals surface area contributed by atoms with Crippen molar-refractivity contribution in [1.29, 1.82) is 0 Å². The van der Waals surface area contributed by atoms with Crippen LogP contribution in [0.4, 0.5) is 0 Å². The lowest BCUT2D eigenvalue weighted by Crippen LogP contribution is -2.46. The molecule has 0 aromatic rings. The van der Waals surface area contributed by atoms with Crippen molar-refractivity contribution in [3.8, 4) is 0 Å². The first kappa shape index (κ1) is 72.5.